The summed E-state index contributed by atoms with van der Waals surface area (Å²) in [5.41, 5.74) is 1.75. The predicted molar refractivity (Wildman–Crippen MR) is 77.9 cm³/mol. The molecule has 3 rings (SSSR count). The van der Waals surface area contributed by atoms with Crippen molar-refractivity contribution < 1.29 is 9.76 Å². The maximum Gasteiger partial charge on any atom is 0.270 e. The molecule has 0 radical (unpaired) electrons. The van der Waals surface area contributed by atoms with Crippen molar-refractivity contribution in [3.63, 3.8) is 0 Å². The van der Waals surface area contributed by atoms with Crippen LogP contribution in [0, 0.1) is 27.9 Å². The van der Waals surface area contributed by atoms with Gasteiger partial charge in [0.05, 0.1) is 10.6 Å². The van der Waals surface area contributed by atoms with Gasteiger partial charge in [0, 0.05) is 36.7 Å². The first kappa shape index (κ1) is 13.6. The van der Waals surface area contributed by atoms with Gasteiger partial charge in [0.15, 0.2) is 6.61 Å². The Morgan fingerprint density at radius 3 is 3.14 bits per heavy atom. The number of nitro benzene ring substituents is 1. The summed E-state index contributed by atoms with van der Waals surface area (Å²) in [4.78, 5) is 17.8. The van der Waals surface area contributed by atoms with E-state index in [9.17, 15) is 10.1 Å². The van der Waals surface area contributed by atoms with Crippen LogP contribution < -0.4 is 0 Å². The lowest BCUT2D eigenvalue weighted by Crippen LogP contribution is -2.23. The van der Waals surface area contributed by atoms with Crippen LogP contribution >= 0.6 is 0 Å². The summed E-state index contributed by atoms with van der Waals surface area (Å²) in [6.07, 6.45) is 1.17. The Balaban J connectivity index is 1.53. The third-order valence-corrected chi connectivity index (χ3v) is 3.74. The number of non-ortho nitro benzene ring substituents is 1. The highest BCUT2D eigenvalue weighted by Crippen LogP contribution is 2.25. The SMILES string of the molecule is O=[N+]([O-])c1cccc(C#CCO/N=C2/CN3CCC2C3)c1. The van der Waals surface area contributed by atoms with Crippen LogP contribution in [0.5, 0.6) is 0 Å². The van der Waals surface area contributed by atoms with Crippen molar-refractivity contribution in [2.45, 2.75) is 6.42 Å². The summed E-state index contributed by atoms with van der Waals surface area (Å²) >= 11 is 0. The highest BCUT2D eigenvalue weighted by molar-refractivity contribution is 5.91. The van der Waals surface area contributed by atoms with Crippen molar-refractivity contribution in [1.82, 2.24) is 4.90 Å². The van der Waals surface area contributed by atoms with E-state index >= 15 is 0 Å². The van der Waals surface area contributed by atoms with Gasteiger partial charge in [-0.1, -0.05) is 23.1 Å². The number of rotatable bonds is 3. The molecule has 2 fully saturated rings. The van der Waals surface area contributed by atoms with Crippen molar-refractivity contribution in [3.05, 3.63) is 39.9 Å². The fourth-order valence-electron chi connectivity index (χ4n) is 2.69. The molecule has 21 heavy (non-hydrogen) atoms. The largest absolute Gasteiger partial charge is 0.383 e. The van der Waals surface area contributed by atoms with Crippen LogP contribution in [0.4, 0.5) is 5.69 Å². The molecule has 2 saturated heterocycles. The van der Waals surface area contributed by atoms with Gasteiger partial charge in [-0.05, 0) is 19.0 Å². The van der Waals surface area contributed by atoms with E-state index in [1.807, 2.05) is 0 Å². The molecule has 1 aromatic rings. The molecule has 0 N–H and O–H groups in total. The first-order valence-corrected chi connectivity index (χ1v) is 6.87. The van der Waals surface area contributed by atoms with Gasteiger partial charge < -0.3 is 4.84 Å². The second-order valence-corrected chi connectivity index (χ2v) is 5.19. The van der Waals surface area contributed by atoms with E-state index < -0.39 is 4.92 Å². The Morgan fingerprint density at radius 1 is 1.52 bits per heavy atom. The van der Waals surface area contributed by atoms with Crippen molar-refractivity contribution in [2.75, 3.05) is 26.2 Å². The number of fused-ring (bicyclic) bond motifs is 2. The average Bonchev–Trinajstić information content (AvgIpc) is 3.10. The molecule has 2 aliphatic rings. The van der Waals surface area contributed by atoms with Crippen molar-refractivity contribution in [1.29, 1.82) is 0 Å². The maximum absolute atomic E-state index is 10.7. The van der Waals surface area contributed by atoms with Crippen molar-refractivity contribution >= 4 is 11.4 Å². The molecule has 6 nitrogen and oxygen atoms in total. The number of hydrogen-bond donors (Lipinski definition) is 0. The van der Waals surface area contributed by atoms with Gasteiger partial charge >= 0.3 is 0 Å². The molecule has 0 aliphatic carbocycles. The lowest BCUT2D eigenvalue weighted by molar-refractivity contribution is -0.384. The topological polar surface area (TPSA) is 68.0 Å². The summed E-state index contributed by atoms with van der Waals surface area (Å²) in [7, 11) is 0. The van der Waals surface area contributed by atoms with E-state index in [0.717, 1.165) is 25.3 Å². The second kappa shape index (κ2) is 5.94. The number of piperidine rings is 1. The zero-order valence-electron chi connectivity index (χ0n) is 11.5. The highest BCUT2D eigenvalue weighted by atomic mass is 16.6. The zero-order valence-corrected chi connectivity index (χ0v) is 11.5. The average molecular weight is 285 g/mol. The molecular formula is C15H15N3O3. The molecule has 1 aromatic carbocycles. The molecular weight excluding hydrogens is 270 g/mol. The summed E-state index contributed by atoms with van der Waals surface area (Å²) < 4.78 is 0. The molecule has 2 aliphatic heterocycles. The minimum absolute atomic E-state index is 0.0407. The zero-order chi connectivity index (χ0) is 14.7. The van der Waals surface area contributed by atoms with E-state index in [2.05, 4.69) is 21.9 Å². The first-order valence-electron chi connectivity index (χ1n) is 6.87. The number of nitro groups is 1. The van der Waals surface area contributed by atoms with E-state index in [4.69, 9.17) is 4.84 Å². The molecule has 0 saturated carbocycles. The molecule has 2 unspecified atom stereocenters. The Morgan fingerprint density at radius 2 is 2.43 bits per heavy atom. The van der Waals surface area contributed by atoms with Crippen LogP contribution in [0.25, 0.3) is 0 Å². The molecule has 6 heteroatoms. The monoisotopic (exact) mass is 285 g/mol. The molecule has 2 bridgehead atoms. The number of hydrogen-bond acceptors (Lipinski definition) is 5. The van der Waals surface area contributed by atoms with E-state index in [1.54, 1.807) is 12.1 Å². The fourth-order valence-corrected chi connectivity index (χ4v) is 2.69. The summed E-state index contributed by atoms with van der Waals surface area (Å²) in [6.45, 7) is 3.36. The molecule has 0 amide bonds. The maximum atomic E-state index is 10.7. The van der Waals surface area contributed by atoms with Gasteiger partial charge in [-0.25, -0.2) is 0 Å². The number of benzene rings is 1. The van der Waals surface area contributed by atoms with Crippen molar-refractivity contribution in [2.24, 2.45) is 11.1 Å². The molecule has 0 spiro atoms. The van der Waals surface area contributed by atoms with Gasteiger partial charge in [0.1, 0.15) is 0 Å². The number of nitrogens with zero attached hydrogens (tertiary/aromatic N) is 3. The normalized spacial score (nSPS) is 24.7. The standard InChI is InChI=1S/C15H15N3O3/c19-18(20)14-5-1-3-12(9-14)4-2-8-21-16-15-11-17-7-6-13(15)10-17/h1,3,5,9,13H,6-8,10-11H2/b16-15-. The Bertz CT molecular complexity index is 645. The third-order valence-electron chi connectivity index (χ3n) is 3.74. The smallest absolute Gasteiger partial charge is 0.270 e. The van der Waals surface area contributed by atoms with Crippen LogP contribution in [0.1, 0.15) is 12.0 Å². The minimum Gasteiger partial charge on any atom is -0.383 e. The minimum atomic E-state index is -0.432. The van der Waals surface area contributed by atoms with Gasteiger partial charge in [0.25, 0.3) is 5.69 Å². The summed E-state index contributed by atoms with van der Waals surface area (Å²) in [5.74, 6) is 6.21. The fraction of sp³-hybridized carbons (Fsp3) is 0.400. The van der Waals surface area contributed by atoms with Gasteiger partial charge in [-0.3, -0.25) is 15.0 Å². The number of oxime groups is 1. The van der Waals surface area contributed by atoms with Crippen LogP contribution in [-0.2, 0) is 4.84 Å². The summed E-state index contributed by atoms with van der Waals surface area (Å²) in [5, 5.41) is 14.8. The van der Waals surface area contributed by atoms with Gasteiger partial charge in [-0.2, -0.15) is 0 Å². The second-order valence-electron chi connectivity index (χ2n) is 5.19. The van der Waals surface area contributed by atoms with Gasteiger partial charge in [-0.15, -0.1) is 0 Å². The van der Waals surface area contributed by atoms with Gasteiger partial charge in [0.2, 0.25) is 0 Å². The lowest BCUT2D eigenvalue weighted by atomic mass is 10.0. The van der Waals surface area contributed by atoms with Crippen LogP contribution in [0.3, 0.4) is 0 Å². The quantitative estimate of drug-likeness (QED) is 0.366. The van der Waals surface area contributed by atoms with Crippen molar-refractivity contribution in [3.8, 4) is 11.8 Å². The van der Waals surface area contributed by atoms with E-state index in [0.29, 0.717) is 11.5 Å². The lowest BCUT2D eigenvalue weighted by Gasteiger charge is -2.12. The first-order chi connectivity index (χ1) is 10.2. The van der Waals surface area contributed by atoms with Crippen LogP contribution in [0.15, 0.2) is 29.4 Å². The Kier molecular flexibility index (Phi) is 3.84. The Labute approximate surface area is 122 Å². The van der Waals surface area contributed by atoms with E-state index in [-0.39, 0.29) is 12.3 Å². The van der Waals surface area contributed by atoms with E-state index in [1.165, 1.54) is 18.6 Å². The molecule has 2 heterocycles. The molecule has 0 aromatic heterocycles. The molecule has 108 valence electrons. The molecule has 2 atom stereocenters. The Hall–Kier alpha value is -2.39. The van der Waals surface area contributed by atoms with Crippen LogP contribution in [-0.4, -0.2) is 41.8 Å². The summed E-state index contributed by atoms with van der Waals surface area (Å²) in [6, 6.07) is 6.24. The van der Waals surface area contributed by atoms with Crippen LogP contribution in [0.2, 0.25) is 0 Å². The predicted octanol–water partition coefficient (Wildman–Crippen LogP) is 1.65. The third kappa shape index (κ3) is 3.20. The highest BCUT2D eigenvalue weighted by Gasteiger charge is 2.35.